The molecule has 13 heavy (non-hydrogen) atoms. The van der Waals surface area contributed by atoms with E-state index >= 15 is 0 Å². The highest BCUT2D eigenvalue weighted by Crippen LogP contribution is 2.16. The molecule has 2 heteroatoms. The summed E-state index contributed by atoms with van der Waals surface area (Å²) in [5.74, 6) is 0. The van der Waals surface area contributed by atoms with Gasteiger partial charge in [-0.15, -0.1) is 0 Å². The fourth-order valence-electron chi connectivity index (χ4n) is 0.839. The zero-order valence-electron chi connectivity index (χ0n) is 9.81. The van der Waals surface area contributed by atoms with E-state index in [1.807, 2.05) is 0 Å². The number of rotatable bonds is 6. The van der Waals surface area contributed by atoms with Crippen molar-refractivity contribution in [2.75, 3.05) is 6.61 Å². The quantitative estimate of drug-likeness (QED) is 0.694. The molecule has 0 rings (SSSR count). The predicted molar refractivity (Wildman–Crippen MR) is 57.8 cm³/mol. The molecular weight excluding hydrogens is 162 g/mol. The molecule has 0 aromatic carbocycles. The third kappa shape index (κ3) is 6.05. The van der Waals surface area contributed by atoms with E-state index in [9.17, 15) is 0 Å². The van der Waals surface area contributed by atoms with Crippen molar-refractivity contribution in [3.63, 3.8) is 0 Å². The Morgan fingerprint density at radius 2 is 1.62 bits per heavy atom. The molecule has 0 fully saturated rings. The monoisotopic (exact) mass is 187 g/mol. The molecule has 0 aliphatic carbocycles. The Bertz CT molecular complexity index is 125. The van der Waals surface area contributed by atoms with Crippen LogP contribution in [0, 0.1) is 0 Å². The van der Waals surface area contributed by atoms with Gasteiger partial charge in [0.05, 0.1) is 5.60 Å². The minimum absolute atomic E-state index is 0.00379. The molecule has 2 nitrogen and oxygen atoms in total. The number of hydrogen-bond acceptors (Lipinski definition) is 2. The van der Waals surface area contributed by atoms with Crippen LogP contribution in [0.4, 0.5) is 0 Å². The second-order valence-electron chi connectivity index (χ2n) is 4.72. The van der Waals surface area contributed by atoms with Crippen LogP contribution in [0.5, 0.6) is 0 Å². The van der Waals surface area contributed by atoms with E-state index < -0.39 is 0 Å². The molecule has 1 atom stereocenters. The summed E-state index contributed by atoms with van der Waals surface area (Å²) < 4.78 is 5.74. The van der Waals surface area contributed by atoms with Crippen LogP contribution >= 0.6 is 0 Å². The molecule has 0 spiro atoms. The van der Waals surface area contributed by atoms with E-state index in [0.29, 0.717) is 0 Å². The van der Waals surface area contributed by atoms with Crippen LogP contribution in [0.15, 0.2) is 0 Å². The highest BCUT2D eigenvalue weighted by Gasteiger charge is 2.19. The maximum atomic E-state index is 6.01. The minimum atomic E-state index is -0.0657. The summed E-state index contributed by atoms with van der Waals surface area (Å²) in [5.41, 5.74) is 5.94. The van der Waals surface area contributed by atoms with Crippen LogP contribution in [-0.2, 0) is 4.74 Å². The van der Waals surface area contributed by atoms with Crippen molar-refractivity contribution < 1.29 is 4.74 Å². The zero-order valence-corrected chi connectivity index (χ0v) is 9.81. The van der Waals surface area contributed by atoms with Crippen molar-refractivity contribution in [1.29, 1.82) is 0 Å². The molecule has 0 bridgehead atoms. The van der Waals surface area contributed by atoms with Crippen molar-refractivity contribution in [1.82, 2.24) is 0 Å². The first kappa shape index (κ1) is 12.9. The highest BCUT2D eigenvalue weighted by molar-refractivity contribution is 4.76. The molecule has 0 aromatic rings. The van der Waals surface area contributed by atoms with Gasteiger partial charge >= 0.3 is 0 Å². The van der Waals surface area contributed by atoms with Crippen LogP contribution in [0.25, 0.3) is 0 Å². The predicted octanol–water partition coefficient (Wildman–Crippen LogP) is 2.71. The lowest BCUT2D eigenvalue weighted by atomic mass is 9.96. The van der Waals surface area contributed by atoms with Crippen molar-refractivity contribution in [3.05, 3.63) is 0 Å². The lowest BCUT2D eigenvalue weighted by molar-refractivity contribution is -0.0267. The molecule has 2 N–H and O–H groups in total. The van der Waals surface area contributed by atoms with Crippen LogP contribution in [0.1, 0.15) is 53.9 Å². The van der Waals surface area contributed by atoms with Gasteiger partial charge < -0.3 is 10.5 Å². The summed E-state index contributed by atoms with van der Waals surface area (Å²) in [7, 11) is 0. The summed E-state index contributed by atoms with van der Waals surface area (Å²) in [6.45, 7) is 11.3. The molecule has 0 aromatic heterocycles. The van der Waals surface area contributed by atoms with Gasteiger partial charge in [-0.2, -0.15) is 0 Å². The number of nitrogens with two attached hydrogens (primary N) is 1. The molecular formula is C11H25NO. The van der Waals surface area contributed by atoms with Gasteiger partial charge in [0.15, 0.2) is 0 Å². The Morgan fingerprint density at radius 3 is 2.00 bits per heavy atom. The average Bonchev–Trinajstić information content (AvgIpc) is 2.04. The molecule has 0 saturated carbocycles. The lowest BCUT2D eigenvalue weighted by Gasteiger charge is -2.27. The Hall–Kier alpha value is -0.0800. The van der Waals surface area contributed by atoms with Crippen LogP contribution in [-0.4, -0.2) is 17.7 Å². The van der Waals surface area contributed by atoms with E-state index in [0.717, 1.165) is 25.9 Å². The second kappa shape index (κ2) is 4.97. The van der Waals surface area contributed by atoms with Gasteiger partial charge in [-0.3, -0.25) is 0 Å². The van der Waals surface area contributed by atoms with E-state index in [2.05, 4.69) is 34.6 Å². The molecule has 0 amide bonds. The normalized spacial score (nSPS) is 17.1. The summed E-state index contributed by atoms with van der Waals surface area (Å²) >= 11 is 0. The van der Waals surface area contributed by atoms with Gasteiger partial charge in [-0.1, -0.05) is 13.8 Å². The Balaban J connectivity index is 3.68. The van der Waals surface area contributed by atoms with Gasteiger partial charge in [0.25, 0.3) is 0 Å². The minimum Gasteiger partial charge on any atom is -0.376 e. The summed E-state index contributed by atoms with van der Waals surface area (Å²) in [6, 6.07) is 0. The van der Waals surface area contributed by atoms with Crippen molar-refractivity contribution >= 4 is 0 Å². The zero-order chi connectivity index (χ0) is 10.5. The van der Waals surface area contributed by atoms with E-state index in [4.69, 9.17) is 10.5 Å². The number of ether oxygens (including phenoxy) is 1. The molecule has 0 aliphatic heterocycles. The molecule has 1 unspecified atom stereocenters. The molecule has 0 radical (unpaired) electrons. The maximum absolute atomic E-state index is 6.01. The van der Waals surface area contributed by atoms with Gasteiger partial charge in [0, 0.05) is 12.1 Å². The summed E-state index contributed by atoms with van der Waals surface area (Å²) in [4.78, 5) is 0. The molecule has 80 valence electrons. The first-order valence-electron chi connectivity index (χ1n) is 5.26. The fourth-order valence-corrected chi connectivity index (χ4v) is 0.839. The van der Waals surface area contributed by atoms with Crippen LogP contribution < -0.4 is 5.73 Å². The third-order valence-corrected chi connectivity index (χ3v) is 2.83. The second-order valence-corrected chi connectivity index (χ2v) is 4.72. The average molecular weight is 187 g/mol. The van der Waals surface area contributed by atoms with E-state index in [1.165, 1.54) is 0 Å². The summed E-state index contributed by atoms with van der Waals surface area (Å²) in [6.07, 6.45) is 2.98. The third-order valence-electron chi connectivity index (χ3n) is 2.83. The van der Waals surface area contributed by atoms with Gasteiger partial charge in [0.1, 0.15) is 0 Å². The van der Waals surface area contributed by atoms with E-state index in [1.54, 1.807) is 0 Å². The van der Waals surface area contributed by atoms with Crippen molar-refractivity contribution in [3.8, 4) is 0 Å². The van der Waals surface area contributed by atoms with Crippen LogP contribution in [0.3, 0.4) is 0 Å². The SMILES string of the molecule is CCC(C)(N)CCOC(C)(C)CC. The van der Waals surface area contributed by atoms with Crippen LogP contribution in [0.2, 0.25) is 0 Å². The van der Waals surface area contributed by atoms with Gasteiger partial charge in [-0.25, -0.2) is 0 Å². The van der Waals surface area contributed by atoms with Crippen molar-refractivity contribution in [2.45, 2.75) is 65.0 Å². The topological polar surface area (TPSA) is 35.2 Å². The first-order valence-corrected chi connectivity index (χ1v) is 5.26. The Kier molecular flexibility index (Phi) is 4.93. The van der Waals surface area contributed by atoms with E-state index in [-0.39, 0.29) is 11.1 Å². The smallest absolute Gasteiger partial charge is 0.0623 e. The summed E-state index contributed by atoms with van der Waals surface area (Å²) in [5, 5.41) is 0. The lowest BCUT2D eigenvalue weighted by Crippen LogP contribution is -2.37. The maximum Gasteiger partial charge on any atom is 0.0623 e. The van der Waals surface area contributed by atoms with Crippen molar-refractivity contribution in [2.24, 2.45) is 5.73 Å². The number of hydrogen-bond donors (Lipinski definition) is 1. The van der Waals surface area contributed by atoms with Gasteiger partial charge in [0.2, 0.25) is 0 Å². The molecule has 0 saturated heterocycles. The first-order chi connectivity index (χ1) is 5.83. The molecule has 0 heterocycles. The largest absolute Gasteiger partial charge is 0.376 e. The standard InChI is InChI=1S/C11H25NO/c1-6-10(3,4)13-9-8-11(5,12)7-2/h6-9,12H2,1-5H3. The highest BCUT2D eigenvalue weighted by atomic mass is 16.5. The Morgan fingerprint density at radius 1 is 1.08 bits per heavy atom. The van der Waals surface area contributed by atoms with Gasteiger partial charge in [-0.05, 0) is 40.0 Å². The Labute approximate surface area is 82.8 Å². The fraction of sp³-hybridized carbons (Fsp3) is 1.00. The molecule has 0 aliphatic rings.